The van der Waals surface area contributed by atoms with Crippen LogP contribution in [0, 0.1) is 6.92 Å². The highest BCUT2D eigenvalue weighted by molar-refractivity contribution is 5.92. The van der Waals surface area contributed by atoms with E-state index in [-0.39, 0.29) is 12.5 Å². The number of rotatable bonds is 5. The standard InChI is InChI=1S/C15H17N3O2/c1-11-9-17-7-6-14(11)18-15(19)10-20-13-4-2-12(8-16)3-5-13/h2-7,9H,8,10,16H2,1H3,(H,17,18,19). The van der Waals surface area contributed by atoms with Gasteiger partial charge in [-0.1, -0.05) is 12.1 Å². The molecule has 0 aliphatic carbocycles. The van der Waals surface area contributed by atoms with Gasteiger partial charge < -0.3 is 15.8 Å². The molecule has 2 rings (SSSR count). The Labute approximate surface area is 117 Å². The molecule has 0 radical (unpaired) electrons. The molecular weight excluding hydrogens is 254 g/mol. The van der Waals surface area contributed by atoms with Crippen LogP contribution in [-0.4, -0.2) is 17.5 Å². The van der Waals surface area contributed by atoms with Gasteiger partial charge in [-0.2, -0.15) is 0 Å². The Morgan fingerprint density at radius 2 is 2.05 bits per heavy atom. The Balaban J connectivity index is 1.87. The minimum absolute atomic E-state index is 0.0380. The summed E-state index contributed by atoms with van der Waals surface area (Å²) in [5.41, 5.74) is 8.19. The maximum atomic E-state index is 11.8. The van der Waals surface area contributed by atoms with Crippen molar-refractivity contribution in [3.8, 4) is 5.75 Å². The molecule has 3 N–H and O–H groups in total. The number of hydrogen-bond donors (Lipinski definition) is 2. The number of nitrogens with zero attached hydrogens (tertiary/aromatic N) is 1. The van der Waals surface area contributed by atoms with Gasteiger partial charge >= 0.3 is 0 Å². The van der Waals surface area contributed by atoms with Crippen molar-refractivity contribution in [2.45, 2.75) is 13.5 Å². The average molecular weight is 271 g/mol. The molecule has 0 fully saturated rings. The predicted molar refractivity (Wildman–Crippen MR) is 77.4 cm³/mol. The molecule has 104 valence electrons. The molecule has 5 nitrogen and oxygen atoms in total. The minimum atomic E-state index is -0.206. The molecule has 20 heavy (non-hydrogen) atoms. The monoisotopic (exact) mass is 271 g/mol. The number of ether oxygens (including phenoxy) is 1. The highest BCUT2D eigenvalue weighted by Gasteiger charge is 2.05. The number of pyridine rings is 1. The van der Waals surface area contributed by atoms with E-state index in [1.165, 1.54) is 0 Å². The lowest BCUT2D eigenvalue weighted by atomic mass is 10.2. The van der Waals surface area contributed by atoms with Crippen molar-refractivity contribution in [1.82, 2.24) is 4.98 Å². The summed E-state index contributed by atoms with van der Waals surface area (Å²) in [4.78, 5) is 15.8. The average Bonchev–Trinajstić information content (AvgIpc) is 2.48. The van der Waals surface area contributed by atoms with Crippen molar-refractivity contribution in [1.29, 1.82) is 0 Å². The molecule has 1 amide bonds. The van der Waals surface area contributed by atoms with Crippen molar-refractivity contribution in [2.24, 2.45) is 5.73 Å². The number of nitrogens with two attached hydrogens (primary N) is 1. The van der Waals surface area contributed by atoms with Crippen LogP contribution in [0.3, 0.4) is 0 Å². The van der Waals surface area contributed by atoms with Gasteiger partial charge in [-0.25, -0.2) is 0 Å². The molecule has 0 bridgehead atoms. The van der Waals surface area contributed by atoms with Gasteiger partial charge in [0.1, 0.15) is 5.75 Å². The van der Waals surface area contributed by atoms with E-state index in [1.54, 1.807) is 30.6 Å². The number of nitrogens with one attached hydrogen (secondary N) is 1. The summed E-state index contributed by atoms with van der Waals surface area (Å²) < 4.78 is 5.41. The maximum absolute atomic E-state index is 11.8. The van der Waals surface area contributed by atoms with Crippen molar-refractivity contribution in [3.05, 3.63) is 53.9 Å². The molecule has 0 aliphatic rings. The second-order valence-corrected chi connectivity index (χ2v) is 4.38. The van der Waals surface area contributed by atoms with E-state index in [0.717, 1.165) is 16.8 Å². The first-order valence-electron chi connectivity index (χ1n) is 6.31. The summed E-state index contributed by atoms with van der Waals surface area (Å²) in [5.74, 6) is 0.436. The molecule has 0 saturated heterocycles. The zero-order valence-corrected chi connectivity index (χ0v) is 11.3. The van der Waals surface area contributed by atoms with E-state index in [0.29, 0.717) is 12.3 Å². The van der Waals surface area contributed by atoms with Gasteiger partial charge in [0.15, 0.2) is 6.61 Å². The van der Waals surface area contributed by atoms with Gasteiger partial charge in [0.25, 0.3) is 5.91 Å². The van der Waals surface area contributed by atoms with Crippen molar-refractivity contribution in [3.63, 3.8) is 0 Å². The number of carbonyl (C=O) groups is 1. The number of aromatic nitrogens is 1. The lowest BCUT2D eigenvalue weighted by Gasteiger charge is -2.09. The lowest BCUT2D eigenvalue weighted by molar-refractivity contribution is -0.118. The number of benzene rings is 1. The first kappa shape index (κ1) is 14.0. The summed E-state index contributed by atoms with van der Waals surface area (Å²) >= 11 is 0. The Morgan fingerprint density at radius 1 is 1.30 bits per heavy atom. The SMILES string of the molecule is Cc1cnccc1NC(=O)COc1ccc(CN)cc1. The Hall–Kier alpha value is -2.40. The topological polar surface area (TPSA) is 77.2 Å². The van der Waals surface area contributed by atoms with Gasteiger partial charge in [0, 0.05) is 24.6 Å². The Bertz CT molecular complexity index is 582. The summed E-state index contributed by atoms with van der Waals surface area (Å²) in [6.07, 6.45) is 3.33. The molecule has 1 aromatic heterocycles. The molecule has 2 aromatic rings. The molecule has 0 unspecified atom stereocenters. The number of anilines is 1. The van der Waals surface area contributed by atoms with E-state index in [9.17, 15) is 4.79 Å². The quantitative estimate of drug-likeness (QED) is 0.870. The van der Waals surface area contributed by atoms with Crippen molar-refractivity contribution < 1.29 is 9.53 Å². The van der Waals surface area contributed by atoms with Gasteiger partial charge in [-0.3, -0.25) is 9.78 Å². The molecule has 1 heterocycles. The molecule has 0 saturated carbocycles. The third kappa shape index (κ3) is 3.80. The van der Waals surface area contributed by atoms with Crippen molar-refractivity contribution in [2.75, 3.05) is 11.9 Å². The van der Waals surface area contributed by atoms with E-state index in [1.807, 2.05) is 19.1 Å². The molecular formula is C15H17N3O2. The largest absolute Gasteiger partial charge is 0.484 e. The molecule has 0 aliphatic heterocycles. The number of carbonyl (C=O) groups excluding carboxylic acids is 1. The second kappa shape index (κ2) is 6.68. The van der Waals surface area contributed by atoms with Gasteiger partial charge in [0.2, 0.25) is 0 Å². The van der Waals surface area contributed by atoms with Crippen LogP contribution in [-0.2, 0) is 11.3 Å². The van der Waals surface area contributed by atoms with Crippen LogP contribution in [0.5, 0.6) is 5.75 Å². The fraction of sp³-hybridized carbons (Fsp3) is 0.200. The number of hydrogen-bond acceptors (Lipinski definition) is 4. The van der Waals surface area contributed by atoms with Crippen LogP contribution in [0.15, 0.2) is 42.7 Å². The maximum Gasteiger partial charge on any atom is 0.262 e. The van der Waals surface area contributed by atoms with Crippen LogP contribution in [0.1, 0.15) is 11.1 Å². The molecule has 0 spiro atoms. The fourth-order valence-corrected chi connectivity index (χ4v) is 1.67. The minimum Gasteiger partial charge on any atom is -0.484 e. The smallest absolute Gasteiger partial charge is 0.262 e. The van der Waals surface area contributed by atoms with Crippen LogP contribution in [0.4, 0.5) is 5.69 Å². The van der Waals surface area contributed by atoms with Crippen LogP contribution >= 0.6 is 0 Å². The number of aryl methyl sites for hydroxylation is 1. The number of amides is 1. The van der Waals surface area contributed by atoms with E-state index < -0.39 is 0 Å². The van der Waals surface area contributed by atoms with Crippen LogP contribution in [0.2, 0.25) is 0 Å². The normalized spacial score (nSPS) is 10.1. The molecule has 0 atom stereocenters. The van der Waals surface area contributed by atoms with Gasteiger partial charge in [-0.15, -0.1) is 0 Å². The van der Waals surface area contributed by atoms with E-state index in [4.69, 9.17) is 10.5 Å². The molecule has 5 heteroatoms. The first-order chi connectivity index (χ1) is 9.69. The third-order valence-electron chi connectivity index (χ3n) is 2.82. The first-order valence-corrected chi connectivity index (χ1v) is 6.31. The van der Waals surface area contributed by atoms with E-state index in [2.05, 4.69) is 10.3 Å². The third-order valence-corrected chi connectivity index (χ3v) is 2.82. The van der Waals surface area contributed by atoms with E-state index >= 15 is 0 Å². The van der Waals surface area contributed by atoms with Crippen LogP contribution < -0.4 is 15.8 Å². The fourth-order valence-electron chi connectivity index (χ4n) is 1.67. The summed E-state index contributed by atoms with van der Waals surface area (Å²) in [6, 6.07) is 9.10. The zero-order valence-electron chi connectivity index (χ0n) is 11.3. The summed E-state index contributed by atoms with van der Waals surface area (Å²) in [5, 5.41) is 2.78. The summed E-state index contributed by atoms with van der Waals surface area (Å²) in [6.45, 7) is 2.33. The van der Waals surface area contributed by atoms with Crippen molar-refractivity contribution >= 4 is 11.6 Å². The highest BCUT2D eigenvalue weighted by Crippen LogP contribution is 2.13. The molecule has 1 aromatic carbocycles. The van der Waals surface area contributed by atoms with Crippen LogP contribution in [0.25, 0.3) is 0 Å². The Kier molecular flexibility index (Phi) is 4.68. The second-order valence-electron chi connectivity index (χ2n) is 4.38. The van der Waals surface area contributed by atoms with Gasteiger partial charge in [-0.05, 0) is 36.2 Å². The summed E-state index contributed by atoms with van der Waals surface area (Å²) in [7, 11) is 0. The predicted octanol–water partition coefficient (Wildman–Crippen LogP) is 1.87. The van der Waals surface area contributed by atoms with Gasteiger partial charge in [0.05, 0.1) is 0 Å². The lowest BCUT2D eigenvalue weighted by Crippen LogP contribution is -2.20. The Morgan fingerprint density at radius 3 is 2.70 bits per heavy atom. The highest BCUT2D eigenvalue weighted by atomic mass is 16.5. The zero-order chi connectivity index (χ0) is 14.4.